The summed E-state index contributed by atoms with van der Waals surface area (Å²) in [5.41, 5.74) is 0. The Morgan fingerprint density at radius 3 is 2.38 bits per heavy atom. The molecule has 1 amide bonds. The van der Waals surface area contributed by atoms with Crippen molar-refractivity contribution in [1.82, 2.24) is 5.32 Å². The van der Waals surface area contributed by atoms with Crippen molar-refractivity contribution in [3.05, 3.63) is 0 Å². The van der Waals surface area contributed by atoms with Gasteiger partial charge in [-0.05, 0) is 6.42 Å². The maximum atomic E-state index is 10.9. The molecular formula is C9H17Cl2NO. The van der Waals surface area contributed by atoms with Gasteiger partial charge in [0.1, 0.15) is 0 Å². The first-order chi connectivity index (χ1) is 6.18. The molecule has 13 heavy (non-hydrogen) atoms. The lowest BCUT2D eigenvalue weighted by Gasteiger charge is -2.04. The molecule has 4 heteroatoms. The highest BCUT2D eigenvalue weighted by molar-refractivity contribution is 6.53. The number of amides is 1. The molecule has 1 N–H and O–H groups in total. The average Bonchev–Trinajstić information content (AvgIpc) is 2.10. The van der Waals surface area contributed by atoms with Crippen LogP contribution >= 0.6 is 23.2 Å². The average molecular weight is 226 g/mol. The van der Waals surface area contributed by atoms with Gasteiger partial charge in [-0.2, -0.15) is 0 Å². The lowest BCUT2D eigenvalue weighted by atomic mass is 10.1. The zero-order valence-corrected chi connectivity index (χ0v) is 9.50. The standard InChI is InChI=1S/C9H17Cl2NO/c1-2-3-4-5-6-7-12-9(13)8(10)11/h8H,2-7H2,1H3,(H,12,13). The Labute approximate surface area is 90.0 Å². The van der Waals surface area contributed by atoms with Gasteiger partial charge in [0.15, 0.2) is 4.84 Å². The van der Waals surface area contributed by atoms with E-state index in [0.717, 1.165) is 12.8 Å². The van der Waals surface area contributed by atoms with Crippen molar-refractivity contribution in [2.45, 2.75) is 43.9 Å². The summed E-state index contributed by atoms with van der Waals surface area (Å²) in [6.45, 7) is 2.85. The first kappa shape index (κ1) is 13.1. The molecule has 0 aromatic heterocycles. The first-order valence-corrected chi connectivity index (χ1v) is 5.61. The van der Waals surface area contributed by atoms with Gasteiger partial charge in [0, 0.05) is 6.54 Å². The molecule has 0 saturated heterocycles. The van der Waals surface area contributed by atoms with Crippen molar-refractivity contribution < 1.29 is 4.79 Å². The number of carbonyl (C=O) groups excluding carboxylic acids is 1. The van der Waals surface area contributed by atoms with Gasteiger partial charge in [0.2, 0.25) is 0 Å². The van der Waals surface area contributed by atoms with Gasteiger partial charge in [-0.15, -0.1) is 0 Å². The quantitative estimate of drug-likeness (QED) is 0.524. The number of hydrogen-bond acceptors (Lipinski definition) is 1. The van der Waals surface area contributed by atoms with Gasteiger partial charge in [-0.1, -0.05) is 55.8 Å². The Bertz CT molecular complexity index is 140. The van der Waals surface area contributed by atoms with Gasteiger partial charge >= 0.3 is 0 Å². The van der Waals surface area contributed by atoms with Crippen molar-refractivity contribution in [2.24, 2.45) is 0 Å². The molecule has 0 aliphatic rings. The monoisotopic (exact) mass is 225 g/mol. The fourth-order valence-corrected chi connectivity index (χ4v) is 1.17. The van der Waals surface area contributed by atoms with Gasteiger partial charge in [0.25, 0.3) is 5.91 Å². The molecule has 0 aliphatic carbocycles. The van der Waals surface area contributed by atoms with Crippen molar-refractivity contribution >= 4 is 29.1 Å². The van der Waals surface area contributed by atoms with E-state index in [9.17, 15) is 4.79 Å². The number of nitrogens with one attached hydrogen (secondary N) is 1. The van der Waals surface area contributed by atoms with Crippen LogP contribution in [0.5, 0.6) is 0 Å². The van der Waals surface area contributed by atoms with E-state index in [1.165, 1.54) is 19.3 Å². The van der Waals surface area contributed by atoms with Crippen molar-refractivity contribution in [3.63, 3.8) is 0 Å². The lowest BCUT2D eigenvalue weighted by Crippen LogP contribution is -2.29. The molecule has 0 spiro atoms. The van der Waals surface area contributed by atoms with Crippen molar-refractivity contribution in [1.29, 1.82) is 0 Å². The molecule has 0 aromatic carbocycles. The first-order valence-electron chi connectivity index (χ1n) is 4.74. The van der Waals surface area contributed by atoms with Gasteiger partial charge in [0.05, 0.1) is 0 Å². The summed E-state index contributed by atoms with van der Waals surface area (Å²) in [5, 5.41) is 2.66. The summed E-state index contributed by atoms with van der Waals surface area (Å²) in [4.78, 5) is 9.92. The highest BCUT2D eigenvalue weighted by Gasteiger charge is 2.08. The van der Waals surface area contributed by atoms with E-state index in [4.69, 9.17) is 23.2 Å². The number of rotatable bonds is 7. The Balaban J connectivity index is 3.12. The second-order valence-electron chi connectivity index (χ2n) is 3.01. The minimum Gasteiger partial charge on any atom is -0.354 e. The zero-order valence-electron chi connectivity index (χ0n) is 7.98. The summed E-state index contributed by atoms with van der Waals surface area (Å²) in [6.07, 6.45) is 5.90. The van der Waals surface area contributed by atoms with E-state index < -0.39 is 4.84 Å². The smallest absolute Gasteiger partial charge is 0.253 e. The molecule has 0 rings (SSSR count). The molecule has 0 aliphatic heterocycles. The van der Waals surface area contributed by atoms with Crippen LogP contribution in [0.15, 0.2) is 0 Å². The second kappa shape index (κ2) is 8.64. The molecule has 0 bridgehead atoms. The zero-order chi connectivity index (χ0) is 10.1. The van der Waals surface area contributed by atoms with E-state index in [2.05, 4.69) is 12.2 Å². The number of alkyl halides is 2. The normalized spacial score (nSPS) is 10.5. The highest BCUT2D eigenvalue weighted by Crippen LogP contribution is 2.03. The van der Waals surface area contributed by atoms with E-state index in [0.29, 0.717) is 6.54 Å². The molecule has 2 nitrogen and oxygen atoms in total. The summed E-state index contributed by atoms with van der Waals surface area (Å²) >= 11 is 10.7. The Morgan fingerprint density at radius 2 is 1.85 bits per heavy atom. The summed E-state index contributed by atoms with van der Waals surface area (Å²) in [7, 11) is 0. The van der Waals surface area contributed by atoms with Crippen LogP contribution in [0.1, 0.15) is 39.0 Å². The Morgan fingerprint density at radius 1 is 1.23 bits per heavy atom. The predicted molar refractivity (Wildman–Crippen MR) is 57.3 cm³/mol. The predicted octanol–water partition coefficient (Wildman–Crippen LogP) is 2.88. The van der Waals surface area contributed by atoms with Crippen LogP contribution in [0.3, 0.4) is 0 Å². The highest BCUT2D eigenvalue weighted by atomic mass is 35.5. The molecule has 0 aromatic rings. The topological polar surface area (TPSA) is 29.1 Å². The van der Waals surface area contributed by atoms with E-state index in [1.54, 1.807) is 0 Å². The number of carbonyl (C=O) groups is 1. The number of halogens is 2. The van der Waals surface area contributed by atoms with E-state index >= 15 is 0 Å². The van der Waals surface area contributed by atoms with Crippen LogP contribution in [0.2, 0.25) is 0 Å². The van der Waals surface area contributed by atoms with Gasteiger partial charge < -0.3 is 5.32 Å². The lowest BCUT2D eigenvalue weighted by molar-refractivity contribution is -0.119. The number of unbranched alkanes of at least 4 members (excludes halogenated alkanes) is 4. The third-order valence-corrected chi connectivity index (χ3v) is 2.17. The van der Waals surface area contributed by atoms with E-state index in [-0.39, 0.29) is 5.91 Å². The Kier molecular flexibility index (Phi) is 8.67. The summed E-state index contributed by atoms with van der Waals surface area (Å²) in [6, 6.07) is 0. The number of hydrogen-bond donors (Lipinski definition) is 1. The maximum Gasteiger partial charge on any atom is 0.253 e. The largest absolute Gasteiger partial charge is 0.354 e. The fraction of sp³-hybridized carbons (Fsp3) is 0.889. The maximum absolute atomic E-state index is 10.9. The van der Waals surface area contributed by atoms with Gasteiger partial charge in [-0.25, -0.2) is 0 Å². The fourth-order valence-electron chi connectivity index (χ4n) is 1.02. The van der Waals surface area contributed by atoms with Crippen LogP contribution in [0.4, 0.5) is 0 Å². The van der Waals surface area contributed by atoms with Crippen molar-refractivity contribution in [3.8, 4) is 0 Å². The van der Waals surface area contributed by atoms with Crippen LogP contribution in [-0.2, 0) is 4.79 Å². The molecule has 78 valence electrons. The minimum absolute atomic E-state index is 0.293. The van der Waals surface area contributed by atoms with Crippen LogP contribution in [-0.4, -0.2) is 17.3 Å². The van der Waals surface area contributed by atoms with Crippen LogP contribution in [0.25, 0.3) is 0 Å². The minimum atomic E-state index is -0.935. The van der Waals surface area contributed by atoms with Gasteiger partial charge in [-0.3, -0.25) is 4.79 Å². The summed E-state index contributed by atoms with van der Waals surface area (Å²) < 4.78 is 0. The third-order valence-electron chi connectivity index (χ3n) is 1.78. The SMILES string of the molecule is CCCCCCCNC(=O)C(Cl)Cl. The molecule has 0 heterocycles. The van der Waals surface area contributed by atoms with Crippen LogP contribution in [0, 0.1) is 0 Å². The third kappa shape index (κ3) is 8.38. The molecule has 0 unspecified atom stereocenters. The molecule has 0 radical (unpaired) electrons. The Hall–Kier alpha value is 0.0500. The summed E-state index contributed by atoms with van der Waals surface area (Å²) in [5.74, 6) is -0.293. The second-order valence-corrected chi connectivity index (χ2v) is 4.10. The van der Waals surface area contributed by atoms with Crippen LogP contribution < -0.4 is 5.32 Å². The van der Waals surface area contributed by atoms with Crippen molar-refractivity contribution in [2.75, 3.05) is 6.54 Å². The molecule has 0 atom stereocenters. The molecule has 0 fully saturated rings. The molecule has 0 saturated carbocycles. The van der Waals surface area contributed by atoms with E-state index in [1.807, 2.05) is 0 Å². The molecular weight excluding hydrogens is 209 g/mol.